The van der Waals surface area contributed by atoms with Crippen molar-refractivity contribution in [2.45, 2.75) is 67.2 Å². The van der Waals surface area contributed by atoms with E-state index in [1.807, 2.05) is 39.6 Å². The first kappa shape index (κ1) is 31.1. The molecule has 0 bridgehead atoms. The highest BCUT2D eigenvalue weighted by Gasteiger charge is 2.31. The van der Waals surface area contributed by atoms with Gasteiger partial charge in [-0.1, -0.05) is 47.6 Å². The monoisotopic (exact) mass is 442 g/mol. The Balaban J connectivity index is 0. The molecule has 0 atom stereocenters. The van der Waals surface area contributed by atoms with Crippen molar-refractivity contribution in [1.82, 2.24) is 5.32 Å². The van der Waals surface area contributed by atoms with E-state index >= 15 is 0 Å². The van der Waals surface area contributed by atoms with Crippen LogP contribution in [0.3, 0.4) is 0 Å². The minimum atomic E-state index is -4.66. The second-order valence-corrected chi connectivity index (χ2v) is 6.81. The standard InChI is InChI=1S/C19H27F3N2O.2C2H6.C2H2/c1-14(2)18(9-4-15-10-12-23-13-11-15)24(3)16-5-7-17(8-6-16)25-19(20,21)22;3*1-2/h5-9,14-15,23H,4,10-13H2,1-3H3;2*1-2H3;1-2H/b18-9-;;;. The maximum atomic E-state index is 12.3. The second kappa shape index (κ2) is 17.5. The largest absolute Gasteiger partial charge is 0.573 e. The average molecular weight is 443 g/mol. The predicted molar refractivity (Wildman–Crippen MR) is 127 cm³/mol. The molecule has 1 N–H and O–H groups in total. The Morgan fingerprint density at radius 2 is 1.58 bits per heavy atom. The molecule has 1 saturated heterocycles. The molecule has 1 heterocycles. The number of alkyl halides is 3. The Morgan fingerprint density at radius 3 is 2.00 bits per heavy atom. The quantitative estimate of drug-likeness (QED) is 0.470. The van der Waals surface area contributed by atoms with Gasteiger partial charge in [-0.25, -0.2) is 0 Å². The van der Waals surface area contributed by atoms with Crippen LogP contribution < -0.4 is 15.0 Å². The van der Waals surface area contributed by atoms with E-state index in [2.05, 4.69) is 42.8 Å². The molecule has 1 aromatic rings. The summed E-state index contributed by atoms with van der Waals surface area (Å²) in [6, 6.07) is 6.01. The third kappa shape index (κ3) is 13.0. The SMILES string of the molecule is C#C.CC.CC.CC(C)/C(=C/CC1CCNCC1)N(C)c1ccc(OC(F)(F)F)cc1. The normalized spacial score (nSPS) is 14.2. The number of nitrogens with zero attached hydrogens (tertiary/aromatic N) is 1. The molecular formula is C25H41F3N2O. The fraction of sp³-hybridized carbons (Fsp3) is 0.600. The summed E-state index contributed by atoms with van der Waals surface area (Å²) in [5.74, 6) is 0.832. The molecule has 0 amide bonds. The Morgan fingerprint density at radius 1 is 1.10 bits per heavy atom. The molecule has 3 nitrogen and oxygen atoms in total. The molecule has 2 rings (SSSR count). The van der Waals surface area contributed by atoms with Crippen molar-refractivity contribution in [3.8, 4) is 18.6 Å². The van der Waals surface area contributed by atoms with E-state index in [-0.39, 0.29) is 5.75 Å². The first-order valence-corrected chi connectivity index (χ1v) is 11.1. The van der Waals surface area contributed by atoms with Crippen LogP contribution >= 0.6 is 0 Å². The van der Waals surface area contributed by atoms with Crippen LogP contribution in [-0.4, -0.2) is 26.5 Å². The van der Waals surface area contributed by atoms with E-state index in [0.29, 0.717) is 11.8 Å². The molecule has 0 aliphatic carbocycles. The maximum Gasteiger partial charge on any atom is 0.573 e. The van der Waals surface area contributed by atoms with Crippen molar-refractivity contribution in [2.24, 2.45) is 11.8 Å². The van der Waals surface area contributed by atoms with Gasteiger partial charge in [0.25, 0.3) is 0 Å². The minimum absolute atomic E-state index is 0.200. The number of ether oxygens (including phenoxy) is 1. The van der Waals surface area contributed by atoms with Crippen LogP contribution in [0.5, 0.6) is 5.75 Å². The number of hydrogen-bond acceptors (Lipinski definition) is 3. The van der Waals surface area contributed by atoms with Crippen molar-refractivity contribution >= 4 is 5.69 Å². The zero-order valence-corrected chi connectivity index (χ0v) is 20.2. The first-order valence-electron chi connectivity index (χ1n) is 11.1. The fourth-order valence-electron chi connectivity index (χ4n) is 3.19. The van der Waals surface area contributed by atoms with Gasteiger partial charge in [0.2, 0.25) is 0 Å². The zero-order valence-electron chi connectivity index (χ0n) is 20.2. The van der Waals surface area contributed by atoms with Crippen LogP contribution in [0.1, 0.15) is 60.8 Å². The molecule has 0 spiro atoms. The molecule has 1 aliphatic rings. The number of piperidine rings is 1. The van der Waals surface area contributed by atoms with E-state index in [4.69, 9.17) is 0 Å². The molecule has 6 heteroatoms. The summed E-state index contributed by atoms with van der Waals surface area (Å²) in [7, 11) is 1.95. The molecule has 0 aromatic heterocycles. The average Bonchev–Trinajstić information content (AvgIpc) is 2.78. The second-order valence-electron chi connectivity index (χ2n) is 6.81. The molecule has 1 aromatic carbocycles. The van der Waals surface area contributed by atoms with Crippen LogP contribution in [-0.2, 0) is 0 Å². The Kier molecular flexibility index (Phi) is 17.6. The molecule has 1 aliphatic heterocycles. The van der Waals surface area contributed by atoms with Crippen LogP contribution in [0.4, 0.5) is 18.9 Å². The van der Waals surface area contributed by atoms with Crippen LogP contribution in [0.15, 0.2) is 36.0 Å². The van der Waals surface area contributed by atoms with Gasteiger partial charge in [0.1, 0.15) is 5.75 Å². The maximum absolute atomic E-state index is 12.3. The van der Waals surface area contributed by atoms with Gasteiger partial charge < -0.3 is 15.0 Å². The summed E-state index contributed by atoms with van der Waals surface area (Å²) in [5, 5.41) is 3.37. The van der Waals surface area contributed by atoms with Crippen molar-refractivity contribution in [3.63, 3.8) is 0 Å². The fourth-order valence-corrected chi connectivity index (χ4v) is 3.19. The van der Waals surface area contributed by atoms with E-state index in [1.54, 1.807) is 12.1 Å². The van der Waals surface area contributed by atoms with Gasteiger partial charge in [0.05, 0.1) is 0 Å². The number of hydrogen-bond donors (Lipinski definition) is 1. The van der Waals surface area contributed by atoms with E-state index in [9.17, 15) is 13.2 Å². The van der Waals surface area contributed by atoms with E-state index in [0.717, 1.165) is 25.2 Å². The van der Waals surface area contributed by atoms with Crippen molar-refractivity contribution < 1.29 is 17.9 Å². The number of anilines is 1. The molecule has 0 saturated carbocycles. The minimum Gasteiger partial charge on any atom is -0.406 e. The topological polar surface area (TPSA) is 24.5 Å². The number of terminal acetylenes is 1. The lowest BCUT2D eigenvalue weighted by Crippen LogP contribution is -2.28. The molecule has 0 radical (unpaired) electrons. The molecule has 178 valence electrons. The first-order chi connectivity index (χ1) is 14.8. The van der Waals surface area contributed by atoms with Crippen LogP contribution in [0, 0.1) is 24.7 Å². The van der Waals surface area contributed by atoms with Crippen molar-refractivity contribution in [2.75, 3.05) is 25.0 Å². The zero-order chi connectivity index (χ0) is 24.4. The van der Waals surface area contributed by atoms with Gasteiger partial charge in [-0.2, -0.15) is 0 Å². The number of benzene rings is 1. The Hall–Kier alpha value is -2.13. The number of allylic oxidation sites excluding steroid dienone is 2. The molecular weight excluding hydrogens is 401 g/mol. The highest BCUT2D eigenvalue weighted by molar-refractivity contribution is 5.53. The molecule has 1 fully saturated rings. The molecule has 31 heavy (non-hydrogen) atoms. The number of nitrogens with one attached hydrogen (secondary N) is 1. The summed E-state index contributed by atoms with van der Waals surface area (Å²) in [6.07, 6.45) is 9.03. The summed E-state index contributed by atoms with van der Waals surface area (Å²) in [6.45, 7) is 14.4. The highest BCUT2D eigenvalue weighted by Crippen LogP contribution is 2.28. The third-order valence-electron chi connectivity index (χ3n) is 4.56. The van der Waals surface area contributed by atoms with Gasteiger partial charge >= 0.3 is 6.36 Å². The number of rotatable bonds is 6. The van der Waals surface area contributed by atoms with Crippen molar-refractivity contribution in [1.29, 1.82) is 0 Å². The summed E-state index contributed by atoms with van der Waals surface area (Å²) < 4.78 is 40.7. The van der Waals surface area contributed by atoms with Gasteiger partial charge in [-0.05, 0) is 68.5 Å². The van der Waals surface area contributed by atoms with E-state index in [1.165, 1.54) is 30.7 Å². The Labute approximate surface area is 188 Å². The lowest BCUT2D eigenvalue weighted by molar-refractivity contribution is -0.274. The van der Waals surface area contributed by atoms with E-state index < -0.39 is 6.36 Å². The van der Waals surface area contributed by atoms with Gasteiger partial charge in [-0.3, -0.25) is 0 Å². The summed E-state index contributed by atoms with van der Waals surface area (Å²) >= 11 is 0. The van der Waals surface area contributed by atoms with Gasteiger partial charge in [0.15, 0.2) is 0 Å². The number of halogens is 3. The Bertz CT molecular complexity index is 601. The lowest BCUT2D eigenvalue weighted by Gasteiger charge is -2.28. The molecule has 0 unspecified atom stereocenters. The summed E-state index contributed by atoms with van der Waals surface area (Å²) in [4.78, 5) is 2.04. The third-order valence-corrected chi connectivity index (χ3v) is 4.56. The van der Waals surface area contributed by atoms with Gasteiger partial charge in [0, 0.05) is 18.4 Å². The smallest absolute Gasteiger partial charge is 0.406 e. The van der Waals surface area contributed by atoms with Crippen LogP contribution in [0.25, 0.3) is 0 Å². The van der Waals surface area contributed by atoms with Gasteiger partial charge in [-0.15, -0.1) is 26.0 Å². The lowest BCUT2D eigenvalue weighted by atomic mass is 9.93. The van der Waals surface area contributed by atoms with Crippen LogP contribution in [0.2, 0.25) is 0 Å². The van der Waals surface area contributed by atoms with Crippen molar-refractivity contribution in [3.05, 3.63) is 36.0 Å². The summed E-state index contributed by atoms with van der Waals surface area (Å²) in [5.41, 5.74) is 2.03. The highest BCUT2D eigenvalue weighted by atomic mass is 19.4. The predicted octanol–water partition coefficient (Wildman–Crippen LogP) is 7.25.